The fourth-order valence-electron chi connectivity index (χ4n) is 1.61. The number of aliphatic hydroxyl groups excluding tert-OH is 1. The Kier molecular flexibility index (Phi) is 3.53. The van der Waals surface area contributed by atoms with E-state index < -0.39 is 12.4 Å². The molecule has 0 saturated carbocycles. The van der Waals surface area contributed by atoms with E-state index in [2.05, 4.69) is 4.98 Å². The van der Waals surface area contributed by atoms with E-state index in [1.165, 1.54) is 41.4 Å². The average molecular weight is 250 g/mol. The second-order valence-corrected chi connectivity index (χ2v) is 3.80. The van der Waals surface area contributed by atoms with Gasteiger partial charge in [-0.25, -0.2) is 13.8 Å². The zero-order valence-corrected chi connectivity index (χ0v) is 9.77. The van der Waals surface area contributed by atoms with Crippen LogP contribution in [0.4, 0.5) is 20.3 Å². The second-order valence-electron chi connectivity index (χ2n) is 3.80. The van der Waals surface area contributed by atoms with Crippen molar-refractivity contribution in [3.05, 3.63) is 53.7 Å². The number of hydrogen-bond donors (Lipinski definition) is 1. The van der Waals surface area contributed by atoms with Gasteiger partial charge in [-0.3, -0.25) is 0 Å². The van der Waals surface area contributed by atoms with Crippen LogP contribution in [0.3, 0.4) is 0 Å². The highest BCUT2D eigenvalue weighted by atomic mass is 19.1. The van der Waals surface area contributed by atoms with Crippen molar-refractivity contribution in [1.29, 1.82) is 0 Å². The van der Waals surface area contributed by atoms with Crippen LogP contribution in [0.15, 0.2) is 36.5 Å². The Labute approximate surface area is 103 Å². The lowest BCUT2D eigenvalue weighted by molar-refractivity contribution is 0.275. The molecule has 0 aliphatic rings. The molecule has 0 aliphatic heterocycles. The lowest BCUT2D eigenvalue weighted by Crippen LogP contribution is -2.14. The van der Waals surface area contributed by atoms with Gasteiger partial charge < -0.3 is 10.0 Å². The minimum atomic E-state index is -0.577. The van der Waals surface area contributed by atoms with Crippen molar-refractivity contribution in [2.75, 3.05) is 11.9 Å². The van der Waals surface area contributed by atoms with E-state index in [1.54, 1.807) is 7.05 Å². The summed E-state index contributed by atoms with van der Waals surface area (Å²) in [4.78, 5) is 5.43. The fraction of sp³-hybridized carbons (Fsp3) is 0.154. The molecule has 2 rings (SSSR count). The summed E-state index contributed by atoms with van der Waals surface area (Å²) in [5, 5.41) is 9.00. The van der Waals surface area contributed by atoms with Crippen LogP contribution in [0.5, 0.6) is 0 Å². The lowest BCUT2D eigenvalue weighted by atomic mass is 10.2. The number of anilines is 2. The summed E-state index contributed by atoms with van der Waals surface area (Å²) in [6, 6.07) is 7.06. The van der Waals surface area contributed by atoms with Crippen LogP contribution < -0.4 is 4.90 Å². The van der Waals surface area contributed by atoms with Crippen molar-refractivity contribution in [2.45, 2.75) is 6.61 Å². The summed E-state index contributed by atoms with van der Waals surface area (Å²) in [5.41, 5.74) is 0.784. The molecular weight excluding hydrogens is 238 g/mol. The number of rotatable bonds is 3. The first kappa shape index (κ1) is 12.4. The van der Waals surface area contributed by atoms with Crippen molar-refractivity contribution in [1.82, 2.24) is 4.98 Å². The molecule has 0 atom stereocenters. The maximum atomic E-state index is 14.0. The molecule has 3 nitrogen and oxygen atoms in total. The summed E-state index contributed by atoms with van der Waals surface area (Å²) in [6.45, 7) is -0.390. The molecule has 1 N–H and O–H groups in total. The lowest BCUT2D eigenvalue weighted by Gasteiger charge is -2.19. The van der Waals surface area contributed by atoms with E-state index in [0.717, 1.165) is 0 Å². The van der Waals surface area contributed by atoms with Gasteiger partial charge in [-0.05, 0) is 30.3 Å². The third-order valence-corrected chi connectivity index (χ3v) is 2.65. The Bertz CT molecular complexity index is 543. The molecule has 0 unspecified atom stereocenters. The smallest absolute Gasteiger partial charge is 0.171 e. The minimum Gasteiger partial charge on any atom is -0.392 e. The van der Waals surface area contributed by atoms with Crippen LogP contribution >= 0.6 is 0 Å². The Morgan fingerprint density at radius 3 is 2.44 bits per heavy atom. The first-order chi connectivity index (χ1) is 8.63. The molecule has 1 heterocycles. The van der Waals surface area contributed by atoms with E-state index in [4.69, 9.17) is 5.11 Å². The minimum absolute atomic E-state index is 0.0909. The van der Waals surface area contributed by atoms with Crippen LogP contribution in [0, 0.1) is 11.6 Å². The number of benzene rings is 1. The highest BCUT2D eigenvalue weighted by Crippen LogP contribution is 2.25. The van der Waals surface area contributed by atoms with Gasteiger partial charge in [0.25, 0.3) is 0 Å². The second kappa shape index (κ2) is 5.10. The number of hydrogen-bond acceptors (Lipinski definition) is 3. The molecule has 94 valence electrons. The summed E-state index contributed by atoms with van der Waals surface area (Å²) in [7, 11) is 1.62. The van der Waals surface area contributed by atoms with Gasteiger partial charge in [0.1, 0.15) is 5.82 Å². The molecule has 0 spiro atoms. The van der Waals surface area contributed by atoms with Crippen molar-refractivity contribution in [3.8, 4) is 0 Å². The molecule has 1 aromatic carbocycles. The van der Waals surface area contributed by atoms with Gasteiger partial charge in [0.15, 0.2) is 11.6 Å². The molecular formula is C13H12F2N2O. The first-order valence-electron chi connectivity index (χ1n) is 5.37. The molecule has 0 amide bonds. The quantitative estimate of drug-likeness (QED) is 0.909. The topological polar surface area (TPSA) is 36.4 Å². The van der Waals surface area contributed by atoms with E-state index in [9.17, 15) is 8.78 Å². The van der Waals surface area contributed by atoms with Gasteiger partial charge in [0.2, 0.25) is 0 Å². The Morgan fingerprint density at radius 2 is 1.83 bits per heavy atom. The predicted molar refractivity (Wildman–Crippen MR) is 64.6 cm³/mol. The predicted octanol–water partition coefficient (Wildman–Crippen LogP) is 2.62. The third kappa shape index (κ3) is 2.31. The molecule has 0 radical (unpaired) electrons. The maximum absolute atomic E-state index is 14.0. The van der Waals surface area contributed by atoms with E-state index in [-0.39, 0.29) is 17.2 Å². The highest BCUT2D eigenvalue weighted by Gasteiger charge is 2.14. The SMILES string of the molecule is CN(c1ccc(F)cc1)c1nccc(CO)c1F. The first-order valence-corrected chi connectivity index (χ1v) is 5.37. The van der Waals surface area contributed by atoms with Crippen LogP contribution in [0.2, 0.25) is 0 Å². The summed E-state index contributed by atoms with van der Waals surface area (Å²) in [5.74, 6) is -0.843. The Morgan fingerprint density at radius 1 is 1.17 bits per heavy atom. The van der Waals surface area contributed by atoms with Gasteiger partial charge in [0, 0.05) is 24.5 Å². The van der Waals surface area contributed by atoms with Gasteiger partial charge in [-0.2, -0.15) is 0 Å². The molecule has 18 heavy (non-hydrogen) atoms. The van der Waals surface area contributed by atoms with Crippen molar-refractivity contribution in [2.24, 2.45) is 0 Å². The average Bonchev–Trinajstić information content (AvgIpc) is 2.39. The van der Waals surface area contributed by atoms with Crippen molar-refractivity contribution >= 4 is 11.5 Å². The monoisotopic (exact) mass is 250 g/mol. The number of pyridine rings is 1. The number of aromatic nitrogens is 1. The van der Waals surface area contributed by atoms with Crippen molar-refractivity contribution in [3.63, 3.8) is 0 Å². The molecule has 0 saturated heterocycles. The van der Waals surface area contributed by atoms with E-state index >= 15 is 0 Å². The van der Waals surface area contributed by atoms with Crippen molar-refractivity contribution < 1.29 is 13.9 Å². The summed E-state index contributed by atoms with van der Waals surface area (Å²) >= 11 is 0. The van der Waals surface area contributed by atoms with E-state index in [0.29, 0.717) is 5.69 Å². The standard InChI is InChI=1S/C13H12F2N2O/c1-17(11-4-2-10(14)3-5-11)13-12(15)9(8-18)6-7-16-13/h2-7,18H,8H2,1H3. The van der Waals surface area contributed by atoms with E-state index in [1.807, 2.05) is 0 Å². The van der Waals surface area contributed by atoms with Crippen LogP contribution in [-0.4, -0.2) is 17.1 Å². The molecule has 0 aliphatic carbocycles. The van der Waals surface area contributed by atoms with Crippen LogP contribution in [0.25, 0.3) is 0 Å². The summed E-state index contributed by atoms with van der Waals surface area (Å²) < 4.78 is 26.8. The normalized spacial score (nSPS) is 10.4. The number of nitrogens with zero attached hydrogens (tertiary/aromatic N) is 2. The highest BCUT2D eigenvalue weighted by molar-refractivity contribution is 5.60. The molecule has 0 fully saturated rings. The maximum Gasteiger partial charge on any atom is 0.171 e. The zero-order chi connectivity index (χ0) is 13.1. The fourth-order valence-corrected chi connectivity index (χ4v) is 1.61. The summed E-state index contributed by atoms with van der Waals surface area (Å²) in [6.07, 6.45) is 1.42. The molecule has 1 aromatic heterocycles. The van der Waals surface area contributed by atoms with Crippen LogP contribution in [0.1, 0.15) is 5.56 Å². The van der Waals surface area contributed by atoms with Crippen LogP contribution in [-0.2, 0) is 6.61 Å². The van der Waals surface area contributed by atoms with Gasteiger partial charge in [-0.15, -0.1) is 0 Å². The largest absolute Gasteiger partial charge is 0.392 e. The van der Waals surface area contributed by atoms with Gasteiger partial charge in [0.05, 0.1) is 6.61 Å². The Hall–Kier alpha value is -2.01. The molecule has 2 aromatic rings. The molecule has 5 heteroatoms. The van der Waals surface area contributed by atoms with Gasteiger partial charge >= 0.3 is 0 Å². The third-order valence-electron chi connectivity index (χ3n) is 2.65. The zero-order valence-electron chi connectivity index (χ0n) is 9.77. The number of aliphatic hydroxyl groups is 1. The van der Waals surface area contributed by atoms with Gasteiger partial charge in [-0.1, -0.05) is 0 Å². The number of halogens is 2. The molecule has 0 bridgehead atoms. The Balaban J connectivity index is 2.39.